The molecular formula is C51H92NO7P. The lowest BCUT2D eigenvalue weighted by Crippen LogP contribution is -2.28. The number of carbonyl (C=O) groups is 1. The highest BCUT2D eigenvalue weighted by molar-refractivity contribution is 7.47. The van der Waals surface area contributed by atoms with Crippen molar-refractivity contribution in [3.05, 3.63) is 72.9 Å². The third kappa shape index (κ3) is 47.0. The number of hydrogen-bond donors (Lipinski definition) is 2. The lowest BCUT2D eigenvalue weighted by Gasteiger charge is -2.20. The second-order valence-electron chi connectivity index (χ2n) is 16.0. The molecule has 2 unspecified atom stereocenters. The molecule has 60 heavy (non-hydrogen) atoms. The van der Waals surface area contributed by atoms with Crippen molar-refractivity contribution in [3.8, 4) is 0 Å². The third-order valence-corrected chi connectivity index (χ3v) is 11.1. The van der Waals surface area contributed by atoms with Crippen molar-refractivity contribution in [2.75, 3.05) is 33.0 Å². The van der Waals surface area contributed by atoms with Crippen LogP contribution in [0.3, 0.4) is 0 Å². The fraction of sp³-hybridized carbons (Fsp3) is 0.745. The number of hydrogen-bond acceptors (Lipinski definition) is 7. The molecule has 0 aromatic heterocycles. The van der Waals surface area contributed by atoms with Crippen LogP contribution in [0.25, 0.3) is 0 Å². The summed E-state index contributed by atoms with van der Waals surface area (Å²) in [6.07, 6.45) is 60.7. The maximum Gasteiger partial charge on any atom is 0.472 e. The van der Waals surface area contributed by atoms with E-state index in [9.17, 15) is 14.3 Å². The number of unbranched alkanes of at least 4 members (excludes halogenated alkanes) is 21. The number of rotatable bonds is 46. The van der Waals surface area contributed by atoms with Gasteiger partial charge in [0, 0.05) is 19.6 Å². The van der Waals surface area contributed by atoms with Crippen LogP contribution < -0.4 is 5.73 Å². The van der Waals surface area contributed by atoms with Gasteiger partial charge in [0.1, 0.15) is 6.10 Å². The van der Waals surface area contributed by atoms with E-state index in [1.807, 2.05) is 0 Å². The third-order valence-electron chi connectivity index (χ3n) is 10.1. The van der Waals surface area contributed by atoms with Gasteiger partial charge in [0.2, 0.25) is 0 Å². The van der Waals surface area contributed by atoms with E-state index in [2.05, 4.69) is 86.8 Å². The highest BCUT2D eigenvalue weighted by Crippen LogP contribution is 2.43. The van der Waals surface area contributed by atoms with Gasteiger partial charge in [-0.2, -0.15) is 0 Å². The number of carbonyl (C=O) groups excluding carboxylic acids is 1. The molecule has 0 spiro atoms. The van der Waals surface area contributed by atoms with Crippen LogP contribution in [-0.2, 0) is 27.9 Å². The van der Waals surface area contributed by atoms with E-state index in [0.29, 0.717) is 13.0 Å². The standard InChI is InChI=1S/C51H92NO7P/c1-3-5-7-9-11-13-15-17-19-21-22-23-24-25-26-27-28-29-30-32-34-36-38-40-42-44-51(53)59-50(49-58-60(54,55)57-47-45-52)48-56-46-43-41-39-37-35-33-31-20-18-16-14-12-10-8-6-4-2/h5,7,11,13,17,19,22-23,25-26,28-29,50H,3-4,6,8-10,12,14-16,18,20-21,24,27,30-49,52H2,1-2H3,(H,54,55)/b7-5-,13-11-,19-17-,23-22-,26-25-,29-28-. The Morgan fingerprint density at radius 1 is 0.517 bits per heavy atom. The smallest absolute Gasteiger partial charge is 0.457 e. The fourth-order valence-electron chi connectivity index (χ4n) is 6.59. The van der Waals surface area contributed by atoms with E-state index >= 15 is 0 Å². The van der Waals surface area contributed by atoms with Crippen LogP contribution in [0.4, 0.5) is 0 Å². The molecule has 9 heteroatoms. The molecule has 0 heterocycles. The molecule has 0 saturated heterocycles. The van der Waals surface area contributed by atoms with Gasteiger partial charge in [-0.25, -0.2) is 4.57 Å². The van der Waals surface area contributed by atoms with Crippen LogP contribution >= 0.6 is 7.82 Å². The highest BCUT2D eigenvalue weighted by Gasteiger charge is 2.25. The minimum atomic E-state index is -4.29. The Hall–Kier alpha value is -2.06. The second kappa shape index (κ2) is 48.0. The fourth-order valence-corrected chi connectivity index (χ4v) is 7.35. The lowest BCUT2D eigenvalue weighted by atomic mass is 10.0. The van der Waals surface area contributed by atoms with E-state index in [0.717, 1.165) is 83.5 Å². The Morgan fingerprint density at radius 3 is 1.40 bits per heavy atom. The molecule has 0 aliphatic rings. The summed E-state index contributed by atoms with van der Waals surface area (Å²) in [4.78, 5) is 22.6. The van der Waals surface area contributed by atoms with Gasteiger partial charge in [-0.05, 0) is 64.2 Å². The molecule has 0 fully saturated rings. The van der Waals surface area contributed by atoms with Crippen LogP contribution in [0.5, 0.6) is 0 Å². The van der Waals surface area contributed by atoms with Crippen molar-refractivity contribution in [2.45, 2.75) is 213 Å². The molecule has 0 radical (unpaired) electrons. The summed E-state index contributed by atoms with van der Waals surface area (Å²) < 4.78 is 33.5. The highest BCUT2D eigenvalue weighted by atomic mass is 31.2. The Balaban J connectivity index is 4.02. The Kier molecular flexibility index (Phi) is 46.3. The predicted octanol–water partition coefficient (Wildman–Crippen LogP) is 15.1. The van der Waals surface area contributed by atoms with E-state index in [-0.39, 0.29) is 32.3 Å². The van der Waals surface area contributed by atoms with Gasteiger partial charge in [0.25, 0.3) is 0 Å². The lowest BCUT2D eigenvalue weighted by molar-refractivity contribution is -0.154. The van der Waals surface area contributed by atoms with Gasteiger partial charge in [-0.1, -0.05) is 209 Å². The summed E-state index contributed by atoms with van der Waals surface area (Å²) in [6.45, 7) is 4.80. The first-order valence-corrected chi connectivity index (χ1v) is 25.9. The molecule has 2 atom stereocenters. The zero-order chi connectivity index (χ0) is 43.7. The number of allylic oxidation sites excluding steroid dienone is 12. The molecule has 348 valence electrons. The average molecular weight is 862 g/mol. The van der Waals surface area contributed by atoms with E-state index in [1.54, 1.807) is 0 Å². The first-order valence-electron chi connectivity index (χ1n) is 24.4. The van der Waals surface area contributed by atoms with Crippen LogP contribution in [0.15, 0.2) is 72.9 Å². The molecule has 0 aromatic rings. The normalized spacial score (nSPS) is 14.0. The summed E-state index contributed by atoms with van der Waals surface area (Å²) in [5, 5.41) is 0. The summed E-state index contributed by atoms with van der Waals surface area (Å²) in [6, 6.07) is 0. The molecular weight excluding hydrogens is 770 g/mol. The minimum absolute atomic E-state index is 0.0955. The molecule has 3 N–H and O–H groups in total. The molecule has 0 rings (SSSR count). The van der Waals surface area contributed by atoms with Gasteiger partial charge >= 0.3 is 13.8 Å². The summed E-state index contributed by atoms with van der Waals surface area (Å²) in [7, 11) is -4.29. The molecule has 0 aliphatic carbocycles. The number of nitrogens with two attached hydrogens (primary N) is 1. The molecule has 8 nitrogen and oxygen atoms in total. The van der Waals surface area contributed by atoms with Crippen LogP contribution in [0.2, 0.25) is 0 Å². The van der Waals surface area contributed by atoms with Gasteiger partial charge in [-0.3, -0.25) is 13.8 Å². The zero-order valence-corrected chi connectivity index (χ0v) is 39.6. The number of phosphoric ester groups is 1. The molecule has 0 bridgehead atoms. The van der Waals surface area contributed by atoms with Crippen LogP contribution in [0.1, 0.15) is 206 Å². The van der Waals surface area contributed by atoms with E-state index < -0.39 is 13.9 Å². The minimum Gasteiger partial charge on any atom is -0.457 e. The van der Waals surface area contributed by atoms with Crippen molar-refractivity contribution in [1.29, 1.82) is 0 Å². The van der Waals surface area contributed by atoms with Gasteiger partial charge in [-0.15, -0.1) is 0 Å². The average Bonchev–Trinajstić information content (AvgIpc) is 3.24. The molecule has 0 aliphatic heterocycles. The second-order valence-corrected chi connectivity index (χ2v) is 17.4. The van der Waals surface area contributed by atoms with Crippen molar-refractivity contribution in [3.63, 3.8) is 0 Å². The largest absolute Gasteiger partial charge is 0.472 e. The Bertz CT molecular complexity index is 1150. The monoisotopic (exact) mass is 862 g/mol. The first kappa shape index (κ1) is 57.9. The zero-order valence-electron chi connectivity index (χ0n) is 38.7. The number of esters is 1. The SMILES string of the molecule is CC/C=C\C/C=C\C/C=C\C/C=C\C/C=C\C/C=C\CCCCCCCCC(=O)OC(COCCCCCCCCCCCCCCCCCC)COP(=O)(O)OCCN. The molecule has 0 amide bonds. The van der Waals surface area contributed by atoms with Gasteiger partial charge < -0.3 is 20.1 Å². The molecule has 0 aromatic carbocycles. The van der Waals surface area contributed by atoms with Crippen molar-refractivity contribution >= 4 is 13.8 Å². The Labute approximate surface area is 369 Å². The van der Waals surface area contributed by atoms with Gasteiger partial charge in [0.15, 0.2) is 0 Å². The first-order chi connectivity index (χ1) is 29.4. The molecule has 0 saturated carbocycles. The van der Waals surface area contributed by atoms with Crippen LogP contribution in [-0.4, -0.2) is 49.9 Å². The quantitative estimate of drug-likeness (QED) is 0.0269. The number of ether oxygens (including phenoxy) is 2. The van der Waals surface area contributed by atoms with Crippen LogP contribution in [0, 0.1) is 0 Å². The Morgan fingerprint density at radius 2 is 0.933 bits per heavy atom. The van der Waals surface area contributed by atoms with Crippen molar-refractivity contribution in [1.82, 2.24) is 0 Å². The van der Waals surface area contributed by atoms with E-state index in [4.69, 9.17) is 24.3 Å². The van der Waals surface area contributed by atoms with Gasteiger partial charge in [0.05, 0.1) is 19.8 Å². The maximum absolute atomic E-state index is 12.6. The van der Waals surface area contributed by atoms with Crippen molar-refractivity contribution < 1.29 is 32.8 Å². The summed E-state index contributed by atoms with van der Waals surface area (Å²) in [5.41, 5.74) is 5.38. The van der Waals surface area contributed by atoms with E-state index in [1.165, 1.54) is 103 Å². The predicted molar refractivity (Wildman–Crippen MR) is 256 cm³/mol. The maximum atomic E-state index is 12.6. The van der Waals surface area contributed by atoms with Crippen molar-refractivity contribution in [2.24, 2.45) is 5.73 Å². The summed E-state index contributed by atoms with van der Waals surface area (Å²) in [5.74, 6) is -0.345. The topological polar surface area (TPSA) is 117 Å². The summed E-state index contributed by atoms with van der Waals surface area (Å²) >= 11 is 0. The number of phosphoric acid groups is 1.